The van der Waals surface area contributed by atoms with E-state index in [0.29, 0.717) is 6.54 Å². The Kier molecular flexibility index (Phi) is 4.96. The van der Waals surface area contributed by atoms with Crippen molar-refractivity contribution in [3.8, 4) is 0 Å². The summed E-state index contributed by atoms with van der Waals surface area (Å²) >= 11 is 0. The number of carboxylic acid groups (broad SMARTS) is 1. The Hall–Kier alpha value is -1.88. The van der Waals surface area contributed by atoms with Crippen LogP contribution in [-0.2, 0) is 16.0 Å². The first-order valence-electron chi connectivity index (χ1n) is 7.37. The first kappa shape index (κ1) is 15.5. The van der Waals surface area contributed by atoms with Gasteiger partial charge in [0.2, 0.25) is 5.91 Å². The zero-order valence-electron chi connectivity index (χ0n) is 12.5. The molecule has 0 aliphatic carbocycles. The highest BCUT2D eigenvalue weighted by atomic mass is 16.4. The molecule has 0 saturated heterocycles. The molecule has 0 fully saturated rings. The molecule has 0 bridgehead atoms. The highest BCUT2D eigenvalue weighted by Crippen LogP contribution is 2.29. The van der Waals surface area contributed by atoms with Gasteiger partial charge in [-0.3, -0.25) is 14.5 Å². The number of hydrogen-bond acceptors (Lipinski definition) is 3. The summed E-state index contributed by atoms with van der Waals surface area (Å²) in [6.07, 6.45) is 1.63. The number of carbonyl (C=O) groups is 2. The van der Waals surface area contributed by atoms with Crippen LogP contribution in [0.25, 0.3) is 0 Å². The summed E-state index contributed by atoms with van der Waals surface area (Å²) in [5.41, 5.74) is 1.86. The Morgan fingerprint density at radius 2 is 2.14 bits per heavy atom. The SMILES string of the molecule is CCC(C)NC(=O)CN1CCc2ccccc2C1C(=O)O. The number of benzene rings is 1. The van der Waals surface area contributed by atoms with Crippen molar-refractivity contribution >= 4 is 11.9 Å². The number of hydrogen-bond donors (Lipinski definition) is 2. The van der Waals surface area contributed by atoms with Gasteiger partial charge in [-0.1, -0.05) is 31.2 Å². The Morgan fingerprint density at radius 1 is 1.43 bits per heavy atom. The van der Waals surface area contributed by atoms with Crippen molar-refractivity contribution in [2.75, 3.05) is 13.1 Å². The Morgan fingerprint density at radius 3 is 2.81 bits per heavy atom. The number of fused-ring (bicyclic) bond motifs is 1. The molecule has 21 heavy (non-hydrogen) atoms. The molecule has 0 saturated carbocycles. The van der Waals surface area contributed by atoms with Crippen molar-refractivity contribution in [2.24, 2.45) is 0 Å². The van der Waals surface area contributed by atoms with Crippen LogP contribution in [0.4, 0.5) is 0 Å². The molecule has 1 aromatic rings. The quantitative estimate of drug-likeness (QED) is 0.864. The lowest BCUT2D eigenvalue weighted by Crippen LogP contribution is -2.46. The lowest BCUT2D eigenvalue weighted by molar-refractivity contribution is -0.144. The Bertz CT molecular complexity index is 530. The number of aliphatic carboxylic acids is 1. The van der Waals surface area contributed by atoms with E-state index in [4.69, 9.17) is 0 Å². The fourth-order valence-corrected chi connectivity index (χ4v) is 2.69. The molecular formula is C16H22N2O3. The van der Waals surface area contributed by atoms with Crippen LogP contribution in [0.3, 0.4) is 0 Å². The summed E-state index contributed by atoms with van der Waals surface area (Å²) in [5, 5.41) is 12.4. The second kappa shape index (κ2) is 6.72. The summed E-state index contributed by atoms with van der Waals surface area (Å²) < 4.78 is 0. The highest BCUT2D eigenvalue weighted by Gasteiger charge is 2.33. The van der Waals surface area contributed by atoms with Crippen LogP contribution in [0.2, 0.25) is 0 Å². The maximum atomic E-state index is 12.0. The lowest BCUT2D eigenvalue weighted by Gasteiger charge is -2.34. The predicted molar refractivity (Wildman–Crippen MR) is 80.0 cm³/mol. The van der Waals surface area contributed by atoms with Crippen LogP contribution in [0.15, 0.2) is 24.3 Å². The Balaban J connectivity index is 2.13. The third-order valence-corrected chi connectivity index (χ3v) is 3.98. The van der Waals surface area contributed by atoms with E-state index in [2.05, 4.69) is 5.32 Å². The molecule has 5 nitrogen and oxygen atoms in total. The van der Waals surface area contributed by atoms with Gasteiger partial charge in [-0.2, -0.15) is 0 Å². The second-order valence-electron chi connectivity index (χ2n) is 5.54. The van der Waals surface area contributed by atoms with Crippen LogP contribution >= 0.6 is 0 Å². The molecule has 1 aliphatic heterocycles. The molecule has 2 atom stereocenters. The number of carbonyl (C=O) groups excluding carboxylic acids is 1. The molecular weight excluding hydrogens is 268 g/mol. The molecule has 1 aliphatic rings. The van der Waals surface area contributed by atoms with Gasteiger partial charge in [0.15, 0.2) is 0 Å². The first-order chi connectivity index (χ1) is 10.0. The molecule has 0 aromatic heterocycles. The van der Waals surface area contributed by atoms with E-state index >= 15 is 0 Å². The average molecular weight is 290 g/mol. The summed E-state index contributed by atoms with van der Waals surface area (Å²) in [6.45, 7) is 4.65. The zero-order valence-corrected chi connectivity index (χ0v) is 12.5. The van der Waals surface area contributed by atoms with E-state index in [1.807, 2.05) is 38.1 Å². The highest BCUT2D eigenvalue weighted by molar-refractivity contribution is 5.81. The summed E-state index contributed by atoms with van der Waals surface area (Å²) in [7, 11) is 0. The van der Waals surface area contributed by atoms with E-state index in [1.54, 1.807) is 4.90 Å². The van der Waals surface area contributed by atoms with Crippen molar-refractivity contribution in [3.05, 3.63) is 35.4 Å². The minimum Gasteiger partial charge on any atom is -0.480 e. The van der Waals surface area contributed by atoms with Crippen LogP contribution in [0, 0.1) is 0 Å². The van der Waals surface area contributed by atoms with Gasteiger partial charge in [-0.15, -0.1) is 0 Å². The fourth-order valence-electron chi connectivity index (χ4n) is 2.69. The van der Waals surface area contributed by atoms with Gasteiger partial charge in [0.1, 0.15) is 6.04 Å². The van der Waals surface area contributed by atoms with Crippen LogP contribution < -0.4 is 5.32 Å². The monoisotopic (exact) mass is 290 g/mol. The van der Waals surface area contributed by atoms with Gasteiger partial charge in [0.25, 0.3) is 0 Å². The number of nitrogens with one attached hydrogen (secondary N) is 1. The smallest absolute Gasteiger partial charge is 0.325 e. The number of rotatable bonds is 5. The van der Waals surface area contributed by atoms with Gasteiger partial charge in [-0.05, 0) is 30.9 Å². The molecule has 2 unspecified atom stereocenters. The predicted octanol–water partition coefficient (Wildman–Crippen LogP) is 1.59. The third-order valence-electron chi connectivity index (χ3n) is 3.98. The molecule has 1 heterocycles. The van der Waals surface area contributed by atoms with Gasteiger partial charge in [0.05, 0.1) is 6.54 Å². The fraction of sp³-hybridized carbons (Fsp3) is 0.500. The molecule has 114 valence electrons. The summed E-state index contributed by atoms with van der Waals surface area (Å²) in [4.78, 5) is 25.4. The third kappa shape index (κ3) is 3.61. The molecule has 2 rings (SSSR count). The van der Waals surface area contributed by atoms with Crippen LogP contribution in [0.5, 0.6) is 0 Å². The second-order valence-corrected chi connectivity index (χ2v) is 5.54. The maximum absolute atomic E-state index is 12.0. The molecule has 0 radical (unpaired) electrons. The van der Waals surface area contributed by atoms with Crippen molar-refractivity contribution < 1.29 is 14.7 Å². The number of carboxylic acids is 1. The minimum absolute atomic E-state index is 0.109. The van der Waals surface area contributed by atoms with Gasteiger partial charge in [0, 0.05) is 12.6 Å². The van der Waals surface area contributed by atoms with Gasteiger partial charge >= 0.3 is 5.97 Å². The van der Waals surface area contributed by atoms with E-state index in [0.717, 1.165) is 24.0 Å². The van der Waals surface area contributed by atoms with Crippen LogP contribution in [0.1, 0.15) is 37.4 Å². The molecule has 1 aromatic carbocycles. The average Bonchev–Trinajstić information content (AvgIpc) is 2.46. The minimum atomic E-state index is -0.904. The van der Waals surface area contributed by atoms with E-state index < -0.39 is 12.0 Å². The summed E-state index contributed by atoms with van der Waals surface area (Å²) in [6, 6.07) is 6.94. The first-order valence-corrected chi connectivity index (χ1v) is 7.37. The van der Waals surface area contributed by atoms with Crippen LogP contribution in [-0.4, -0.2) is 41.0 Å². The molecule has 2 N–H and O–H groups in total. The zero-order chi connectivity index (χ0) is 15.4. The molecule has 0 spiro atoms. The maximum Gasteiger partial charge on any atom is 0.325 e. The standard InChI is InChI=1S/C16H22N2O3/c1-3-11(2)17-14(19)10-18-9-8-12-6-4-5-7-13(12)15(18)16(20)21/h4-7,11,15H,3,8-10H2,1-2H3,(H,17,19)(H,20,21). The lowest BCUT2D eigenvalue weighted by atomic mass is 9.92. The van der Waals surface area contributed by atoms with E-state index in [9.17, 15) is 14.7 Å². The van der Waals surface area contributed by atoms with Crippen molar-refractivity contribution in [1.82, 2.24) is 10.2 Å². The van der Waals surface area contributed by atoms with E-state index in [1.165, 1.54) is 0 Å². The Labute approximate surface area is 125 Å². The topological polar surface area (TPSA) is 69.6 Å². The van der Waals surface area contributed by atoms with E-state index in [-0.39, 0.29) is 18.5 Å². The van der Waals surface area contributed by atoms with Crippen molar-refractivity contribution in [2.45, 2.75) is 38.8 Å². The molecule has 5 heteroatoms. The normalized spacial score (nSPS) is 19.6. The molecule has 1 amide bonds. The van der Waals surface area contributed by atoms with Crippen molar-refractivity contribution in [1.29, 1.82) is 0 Å². The van der Waals surface area contributed by atoms with Gasteiger partial charge < -0.3 is 10.4 Å². The number of amides is 1. The van der Waals surface area contributed by atoms with Crippen molar-refractivity contribution in [3.63, 3.8) is 0 Å². The largest absolute Gasteiger partial charge is 0.480 e. The number of nitrogens with zero attached hydrogens (tertiary/aromatic N) is 1. The van der Waals surface area contributed by atoms with Gasteiger partial charge in [-0.25, -0.2) is 0 Å². The summed E-state index contributed by atoms with van der Waals surface area (Å²) in [5.74, 6) is -1.02.